The molecular formula is C17H15F2N5O3. The highest BCUT2D eigenvalue weighted by Gasteiger charge is 2.24. The van der Waals surface area contributed by atoms with E-state index in [0.29, 0.717) is 5.69 Å². The van der Waals surface area contributed by atoms with Crippen molar-refractivity contribution in [3.05, 3.63) is 58.0 Å². The first-order valence-corrected chi connectivity index (χ1v) is 7.76. The number of aryl methyl sites for hydroxylation is 2. The first-order chi connectivity index (χ1) is 12.8. The molecule has 2 aromatic heterocycles. The summed E-state index contributed by atoms with van der Waals surface area (Å²) in [6.07, 6.45) is 2.45. The van der Waals surface area contributed by atoms with Crippen molar-refractivity contribution in [2.75, 3.05) is 12.4 Å². The summed E-state index contributed by atoms with van der Waals surface area (Å²) in [5, 5.41) is 18.2. The number of rotatable bonds is 5. The van der Waals surface area contributed by atoms with Crippen LogP contribution in [0.15, 0.2) is 30.6 Å². The number of anilines is 2. The van der Waals surface area contributed by atoms with Crippen LogP contribution in [0, 0.1) is 28.7 Å². The van der Waals surface area contributed by atoms with Crippen molar-refractivity contribution in [2.24, 2.45) is 7.05 Å². The van der Waals surface area contributed by atoms with Gasteiger partial charge < -0.3 is 10.1 Å². The third kappa shape index (κ3) is 3.28. The van der Waals surface area contributed by atoms with Crippen LogP contribution in [-0.2, 0) is 7.05 Å². The van der Waals surface area contributed by atoms with Crippen LogP contribution >= 0.6 is 0 Å². The van der Waals surface area contributed by atoms with Gasteiger partial charge in [0, 0.05) is 25.4 Å². The van der Waals surface area contributed by atoms with Crippen molar-refractivity contribution in [3.8, 4) is 16.9 Å². The molecule has 27 heavy (non-hydrogen) atoms. The van der Waals surface area contributed by atoms with Crippen molar-refractivity contribution in [1.29, 1.82) is 0 Å². The number of benzene rings is 1. The molecule has 0 atom stereocenters. The van der Waals surface area contributed by atoms with Crippen molar-refractivity contribution < 1.29 is 18.4 Å². The zero-order chi connectivity index (χ0) is 19.7. The molecule has 0 radical (unpaired) electrons. The molecule has 0 amide bonds. The Labute approximate surface area is 152 Å². The van der Waals surface area contributed by atoms with Crippen LogP contribution in [0.3, 0.4) is 0 Å². The number of nitro groups is 1. The van der Waals surface area contributed by atoms with E-state index in [4.69, 9.17) is 4.74 Å². The predicted molar refractivity (Wildman–Crippen MR) is 94.0 cm³/mol. The lowest BCUT2D eigenvalue weighted by Gasteiger charge is -2.12. The number of ether oxygens (including phenoxy) is 1. The van der Waals surface area contributed by atoms with Crippen molar-refractivity contribution in [3.63, 3.8) is 0 Å². The summed E-state index contributed by atoms with van der Waals surface area (Å²) in [6, 6.07) is 3.51. The molecule has 0 spiro atoms. The highest BCUT2D eigenvalue weighted by molar-refractivity contribution is 5.83. The molecule has 1 aromatic carbocycles. The maximum absolute atomic E-state index is 14.6. The second-order valence-electron chi connectivity index (χ2n) is 5.67. The number of pyridine rings is 1. The second-order valence-corrected chi connectivity index (χ2v) is 5.67. The van der Waals surface area contributed by atoms with Crippen LogP contribution in [-0.4, -0.2) is 26.8 Å². The Morgan fingerprint density at radius 3 is 2.52 bits per heavy atom. The maximum Gasteiger partial charge on any atom is 0.310 e. The van der Waals surface area contributed by atoms with E-state index in [1.807, 2.05) is 0 Å². The zero-order valence-electron chi connectivity index (χ0n) is 14.7. The van der Waals surface area contributed by atoms with Gasteiger partial charge in [-0.2, -0.15) is 5.10 Å². The van der Waals surface area contributed by atoms with Gasteiger partial charge in [-0.1, -0.05) is 0 Å². The summed E-state index contributed by atoms with van der Waals surface area (Å²) in [6.45, 7) is 1.59. The summed E-state index contributed by atoms with van der Waals surface area (Å²) < 4.78 is 35.4. The fourth-order valence-corrected chi connectivity index (χ4v) is 2.77. The molecule has 0 aliphatic rings. The normalized spacial score (nSPS) is 10.7. The number of hydrogen-bond donors (Lipinski definition) is 1. The number of aromatic nitrogens is 3. The third-order valence-corrected chi connectivity index (χ3v) is 3.97. The van der Waals surface area contributed by atoms with E-state index in [2.05, 4.69) is 15.4 Å². The van der Waals surface area contributed by atoms with Crippen LogP contribution in [0.5, 0.6) is 5.75 Å². The van der Waals surface area contributed by atoms with Crippen molar-refractivity contribution in [2.45, 2.75) is 6.92 Å². The Kier molecular flexibility index (Phi) is 4.72. The minimum Gasteiger partial charge on any atom is -0.497 e. The monoisotopic (exact) mass is 375 g/mol. The highest BCUT2D eigenvalue weighted by atomic mass is 19.1. The fraction of sp³-hybridized carbons (Fsp3) is 0.176. The molecule has 0 aliphatic heterocycles. The van der Waals surface area contributed by atoms with Gasteiger partial charge in [-0.05, 0) is 13.0 Å². The molecule has 0 bridgehead atoms. The molecular weight excluding hydrogens is 360 g/mol. The smallest absolute Gasteiger partial charge is 0.310 e. The van der Waals surface area contributed by atoms with Gasteiger partial charge in [-0.25, -0.2) is 8.78 Å². The topological polar surface area (TPSA) is 95.1 Å². The van der Waals surface area contributed by atoms with Crippen LogP contribution in [0.2, 0.25) is 0 Å². The quantitative estimate of drug-likeness (QED) is 0.539. The molecule has 0 aliphatic carbocycles. The lowest BCUT2D eigenvalue weighted by molar-refractivity contribution is -0.384. The Morgan fingerprint density at radius 2 is 1.93 bits per heavy atom. The molecule has 0 fully saturated rings. The zero-order valence-corrected chi connectivity index (χ0v) is 14.7. The molecule has 0 unspecified atom stereocenters. The highest BCUT2D eigenvalue weighted by Crippen LogP contribution is 2.38. The number of halogens is 2. The van der Waals surface area contributed by atoms with Gasteiger partial charge in [0.2, 0.25) is 0 Å². The van der Waals surface area contributed by atoms with Crippen molar-refractivity contribution in [1.82, 2.24) is 14.8 Å². The van der Waals surface area contributed by atoms with Crippen LogP contribution in [0.25, 0.3) is 11.1 Å². The van der Waals surface area contributed by atoms with Gasteiger partial charge in [-0.15, -0.1) is 0 Å². The first-order valence-electron chi connectivity index (χ1n) is 7.76. The largest absolute Gasteiger partial charge is 0.497 e. The summed E-state index contributed by atoms with van der Waals surface area (Å²) in [4.78, 5) is 14.3. The lowest BCUT2D eigenvalue weighted by Crippen LogP contribution is -2.04. The van der Waals surface area contributed by atoms with Crippen LogP contribution in [0.4, 0.5) is 26.0 Å². The number of nitrogens with one attached hydrogen (secondary N) is 1. The second kappa shape index (κ2) is 6.98. The van der Waals surface area contributed by atoms with E-state index in [9.17, 15) is 18.9 Å². The molecule has 3 aromatic rings. The first kappa shape index (κ1) is 18.2. The molecule has 3 rings (SSSR count). The fourth-order valence-electron chi connectivity index (χ4n) is 2.77. The number of hydrogen-bond acceptors (Lipinski definition) is 6. The Morgan fingerprint density at radius 1 is 1.26 bits per heavy atom. The summed E-state index contributed by atoms with van der Waals surface area (Å²) >= 11 is 0. The molecule has 0 saturated heterocycles. The van der Waals surface area contributed by atoms with Gasteiger partial charge in [0.1, 0.15) is 35.1 Å². The molecule has 10 heteroatoms. The van der Waals surface area contributed by atoms with Gasteiger partial charge in [0.05, 0.1) is 28.9 Å². The van der Waals surface area contributed by atoms with Crippen LogP contribution in [0.1, 0.15) is 5.69 Å². The van der Waals surface area contributed by atoms with E-state index in [0.717, 1.165) is 18.3 Å². The summed E-state index contributed by atoms with van der Waals surface area (Å²) in [7, 11) is 2.87. The van der Waals surface area contributed by atoms with Gasteiger partial charge in [0.15, 0.2) is 0 Å². The molecule has 140 valence electrons. The van der Waals surface area contributed by atoms with Gasteiger partial charge >= 0.3 is 5.69 Å². The molecule has 2 heterocycles. The average molecular weight is 375 g/mol. The van der Waals surface area contributed by atoms with Crippen LogP contribution < -0.4 is 10.1 Å². The lowest BCUT2D eigenvalue weighted by atomic mass is 10.0. The molecule has 0 saturated carbocycles. The Bertz CT molecular complexity index is 1010. The molecule has 8 nitrogen and oxygen atoms in total. The predicted octanol–water partition coefficient (Wildman–Crippen LogP) is 3.73. The SMILES string of the molecule is COc1cc(F)c(-c2c(C)nn(C)c2Nc2ccncc2[N+](=O)[O-])c(F)c1. The number of methoxy groups -OCH3 is 1. The van der Waals surface area contributed by atoms with E-state index >= 15 is 0 Å². The van der Waals surface area contributed by atoms with E-state index < -0.39 is 16.6 Å². The number of nitrogens with zero attached hydrogens (tertiary/aromatic N) is 4. The summed E-state index contributed by atoms with van der Waals surface area (Å²) in [5.74, 6) is -1.44. The Hall–Kier alpha value is -3.56. The minimum absolute atomic E-state index is 0.0366. The average Bonchev–Trinajstić information content (AvgIpc) is 2.88. The third-order valence-electron chi connectivity index (χ3n) is 3.97. The standard InChI is InChI=1S/C17H15F2N5O3/c1-9-15(16-11(18)6-10(27-3)7-12(16)19)17(23(2)22-9)21-13-4-5-20-8-14(13)24(25)26/h4-8H,1-3H3,(H,20,21). The van der Waals surface area contributed by atoms with E-state index in [-0.39, 0.29) is 34.1 Å². The van der Waals surface area contributed by atoms with E-state index in [1.54, 1.807) is 14.0 Å². The summed E-state index contributed by atoms with van der Waals surface area (Å²) in [5.41, 5.74) is 0.0353. The van der Waals surface area contributed by atoms with Crippen molar-refractivity contribution >= 4 is 17.2 Å². The molecule has 1 N–H and O–H groups in total. The van der Waals surface area contributed by atoms with E-state index in [1.165, 1.54) is 24.1 Å². The maximum atomic E-state index is 14.6. The van der Waals surface area contributed by atoms with Gasteiger partial charge in [0.25, 0.3) is 0 Å². The minimum atomic E-state index is -0.838. The Balaban J connectivity index is 2.18. The van der Waals surface area contributed by atoms with Gasteiger partial charge in [-0.3, -0.25) is 19.8 Å².